The predicted octanol–water partition coefficient (Wildman–Crippen LogP) is 3.76. The van der Waals surface area contributed by atoms with Crippen molar-refractivity contribution < 1.29 is 50.9 Å². The van der Waals surface area contributed by atoms with Crippen LogP contribution in [0, 0.1) is 0 Å². The van der Waals surface area contributed by atoms with Crippen molar-refractivity contribution in [3.63, 3.8) is 0 Å². The maximum Gasteiger partial charge on any atom is 0.490 e. The van der Waals surface area contributed by atoms with E-state index in [0.717, 1.165) is 30.3 Å². The second-order valence-corrected chi connectivity index (χ2v) is 8.13. The highest BCUT2D eigenvalue weighted by Gasteiger charge is 2.38. The molecule has 3 aromatic rings. The Balaban J connectivity index is 0.000000286. The zero-order chi connectivity index (χ0) is 27.6. The van der Waals surface area contributed by atoms with E-state index in [0.29, 0.717) is 13.2 Å². The number of aromatic amines is 1. The van der Waals surface area contributed by atoms with Crippen molar-refractivity contribution >= 4 is 23.3 Å². The van der Waals surface area contributed by atoms with Gasteiger partial charge in [-0.2, -0.15) is 31.4 Å². The molecule has 0 aromatic carbocycles. The summed E-state index contributed by atoms with van der Waals surface area (Å²) in [5, 5.41) is 24.8. The molecule has 4 rings (SSSR count). The number of thiazole rings is 1. The highest BCUT2D eigenvalue weighted by atomic mass is 32.1. The van der Waals surface area contributed by atoms with Gasteiger partial charge in [-0.15, -0.1) is 11.3 Å². The van der Waals surface area contributed by atoms with Crippen LogP contribution in [0.1, 0.15) is 27.5 Å². The minimum Gasteiger partial charge on any atom is -0.475 e. The van der Waals surface area contributed by atoms with Crippen LogP contribution in [0.3, 0.4) is 0 Å². The molecule has 0 unspecified atom stereocenters. The van der Waals surface area contributed by atoms with Crippen molar-refractivity contribution in [2.24, 2.45) is 0 Å². The first kappa shape index (κ1) is 29.7. The molecule has 0 atom stereocenters. The number of aromatic nitrogens is 4. The second-order valence-electron chi connectivity index (χ2n) is 7.15. The summed E-state index contributed by atoms with van der Waals surface area (Å²) in [4.78, 5) is 28.5. The van der Waals surface area contributed by atoms with Gasteiger partial charge in [-0.25, -0.2) is 14.6 Å². The van der Waals surface area contributed by atoms with Gasteiger partial charge < -0.3 is 14.9 Å². The number of ether oxygens (including phenoxy) is 1. The number of H-pyrrole nitrogens is 1. The van der Waals surface area contributed by atoms with E-state index in [9.17, 15) is 26.3 Å². The van der Waals surface area contributed by atoms with E-state index in [1.54, 1.807) is 17.5 Å². The molecule has 3 aromatic heterocycles. The van der Waals surface area contributed by atoms with E-state index in [4.69, 9.17) is 24.5 Å². The Morgan fingerprint density at radius 3 is 2.11 bits per heavy atom. The highest BCUT2D eigenvalue weighted by Crippen LogP contribution is 2.26. The molecule has 0 bridgehead atoms. The van der Waals surface area contributed by atoms with Crippen LogP contribution in [0.5, 0.6) is 0 Å². The van der Waals surface area contributed by atoms with Crippen LogP contribution in [0.25, 0.3) is 0 Å². The number of pyridine rings is 1. The molecule has 202 valence electrons. The fraction of sp³-hybridized carbons (Fsp3) is 0.350. The fourth-order valence-electron chi connectivity index (χ4n) is 2.80. The summed E-state index contributed by atoms with van der Waals surface area (Å²) in [6.07, 6.45) is -4.69. The summed E-state index contributed by atoms with van der Waals surface area (Å²) in [6, 6.07) is 4.12. The molecule has 1 aliphatic heterocycles. The van der Waals surface area contributed by atoms with E-state index in [1.807, 2.05) is 17.8 Å². The minimum absolute atomic E-state index is 0.522. The predicted molar refractivity (Wildman–Crippen MR) is 114 cm³/mol. The molecule has 1 aliphatic rings. The Morgan fingerprint density at radius 1 is 1.00 bits per heavy atom. The summed E-state index contributed by atoms with van der Waals surface area (Å²) in [5.74, 6) is -5.51. The first-order valence-electron chi connectivity index (χ1n) is 10.00. The summed E-state index contributed by atoms with van der Waals surface area (Å²) < 4.78 is 69.2. The van der Waals surface area contributed by atoms with Gasteiger partial charge in [0.25, 0.3) is 0 Å². The summed E-state index contributed by atoms with van der Waals surface area (Å²) in [5.41, 5.74) is 4.76. The number of alkyl halides is 6. The van der Waals surface area contributed by atoms with Crippen LogP contribution in [-0.4, -0.2) is 59.6 Å². The number of fused-ring (bicyclic) bond motifs is 1. The monoisotopic (exact) mass is 555 g/mol. The summed E-state index contributed by atoms with van der Waals surface area (Å²) in [7, 11) is 0. The number of carbonyl (C=O) groups is 2. The average Bonchev–Trinajstić information content (AvgIpc) is 3.53. The number of hydrogen-bond donors (Lipinski definition) is 3. The van der Waals surface area contributed by atoms with Gasteiger partial charge in [-0.3, -0.25) is 15.0 Å². The number of carboxylic acid groups (broad SMARTS) is 2. The quantitative estimate of drug-likeness (QED) is 0.388. The Labute approximate surface area is 208 Å². The number of hydrogen-bond acceptors (Lipinski definition) is 8. The molecule has 0 radical (unpaired) electrons. The molecular formula is C20H19F6N5O5S. The SMILES string of the molecule is O=C(O)C(F)(F)F.O=C(O)C(F)(F)F.c1cc(CN2Cc3[nH]nc(COCc4nccs4)c3C2)ccn1. The smallest absolute Gasteiger partial charge is 0.475 e. The molecule has 37 heavy (non-hydrogen) atoms. The van der Waals surface area contributed by atoms with Crippen molar-refractivity contribution in [2.45, 2.75) is 45.2 Å². The third kappa shape index (κ3) is 10.1. The maximum atomic E-state index is 10.6. The van der Waals surface area contributed by atoms with Crippen LogP contribution < -0.4 is 0 Å². The molecule has 0 saturated carbocycles. The molecular weight excluding hydrogens is 536 g/mol. The first-order valence-corrected chi connectivity index (χ1v) is 10.9. The standard InChI is InChI=1S/C16H17N5OS.2C2HF3O2/c1-3-17-4-2-12(1)7-21-8-13-14(9-21)19-20-15(13)10-22-11-16-18-5-6-23-16;2*3-2(4,5)1(6)7/h1-6H,7-11H2,(H,19,20);2*(H,6,7). The van der Waals surface area contributed by atoms with Gasteiger partial charge in [0.1, 0.15) is 5.01 Å². The molecule has 0 fully saturated rings. The topological polar surface area (TPSA) is 142 Å². The number of aliphatic carboxylic acids is 2. The lowest BCUT2D eigenvalue weighted by atomic mass is 10.2. The Kier molecular flexibility index (Phi) is 10.5. The van der Waals surface area contributed by atoms with E-state index in [2.05, 4.69) is 37.2 Å². The van der Waals surface area contributed by atoms with Crippen molar-refractivity contribution in [3.8, 4) is 0 Å². The largest absolute Gasteiger partial charge is 0.490 e. The Morgan fingerprint density at radius 2 is 1.59 bits per heavy atom. The van der Waals surface area contributed by atoms with Crippen molar-refractivity contribution in [3.05, 3.63) is 63.6 Å². The van der Waals surface area contributed by atoms with Gasteiger partial charge in [-0.05, 0) is 17.7 Å². The van der Waals surface area contributed by atoms with Gasteiger partial charge in [-0.1, -0.05) is 0 Å². The molecule has 3 N–H and O–H groups in total. The van der Waals surface area contributed by atoms with Gasteiger partial charge in [0, 0.05) is 49.2 Å². The highest BCUT2D eigenvalue weighted by molar-refractivity contribution is 7.09. The zero-order valence-corrected chi connectivity index (χ0v) is 19.4. The van der Waals surface area contributed by atoms with Gasteiger partial charge in [0.2, 0.25) is 0 Å². The lowest BCUT2D eigenvalue weighted by Crippen LogP contribution is -2.21. The third-order valence-electron chi connectivity index (χ3n) is 4.39. The minimum atomic E-state index is -5.08. The van der Waals surface area contributed by atoms with E-state index in [-0.39, 0.29) is 0 Å². The van der Waals surface area contributed by atoms with Crippen LogP contribution in [-0.2, 0) is 47.2 Å². The number of nitrogens with zero attached hydrogens (tertiary/aromatic N) is 4. The number of nitrogens with one attached hydrogen (secondary N) is 1. The lowest BCUT2D eigenvalue weighted by molar-refractivity contribution is -0.193. The van der Waals surface area contributed by atoms with Crippen LogP contribution >= 0.6 is 11.3 Å². The van der Waals surface area contributed by atoms with Crippen molar-refractivity contribution in [2.75, 3.05) is 0 Å². The molecule has 0 saturated heterocycles. The Bertz CT molecular complexity index is 1110. The maximum absolute atomic E-state index is 10.6. The summed E-state index contributed by atoms with van der Waals surface area (Å²) >= 11 is 1.61. The first-order chi connectivity index (χ1) is 17.3. The number of rotatable bonds is 6. The lowest BCUT2D eigenvalue weighted by Gasteiger charge is -2.14. The van der Waals surface area contributed by atoms with Gasteiger partial charge >= 0.3 is 24.3 Å². The Hall–Kier alpha value is -3.57. The molecule has 10 nitrogen and oxygen atoms in total. The van der Waals surface area contributed by atoms with Gasteiger partial charge in [0.05, 0.1) is 24.6 Å². The number of carboxylic acids is 2. The summed E-state index contributed by atoms with van der Waals surface area (Å²) in [6.45, 7) is 3.79. The zero-order valence-electron chi connectivity index (χ0n) is 18.6. The fourth-order valence-corrected chi connectivity index (χ4v) is 3.35. The molecule has 0 aliphatic carbocycles. The van der Waals surface area contributed by atoms with E-state index >= 15 is 0 Å². The molecule has 0 amide bonds. The van der Waals surface area contributed by atoms with Gasteiger partial charge in [0.15, 0.2) is 0 Å². The van der Waals surface area contributed by atoms with Crippen LogP contribution in [0.15, 0.2) is 36.1 Å². The molecule has 0 spiro atoms. The molecule has 17 heteroatoms. The number of halogens is 6. The van der Waals surface area contributed by atoms with Crippen molar-refractivity contribution in [1.82, 2.24) is 25.1 Å². The normalized spacial score (nSPS) is 13.1. The second kappa shape index (κ2) is 13.1. The van der Waals surface area contributed by atoms with Crippen molar-refractivity contribution in [1.29, 1.82) is 0 Å². The van der Waals surface area contributed by atoms with Crippen LogP contribution in [0.4, 0.5) is 26.3 Å². The van der Waals surface area contributed by atoms with Crippen LogP contribution in [0.2, 0.25) is 0 Å². The molecule has 4 heterocycles. The van der Waals surface area contributed by atoms with E-state index in [1.165, 1.54) is 16.8 Å². The average molecular weight is 555 g/mol. The van der Waals surface area contributed by atoms with E-state index < -0.39 is 24.3 Å². The third-order valence-corrected chi connectivity index (χ3v) is 5.14.